The first-order valence-electron chi connectivity index (χ1n) is 8.83. The highest BCUT2D eigenvalue weighted by molar-refractivity contribution is 5.86. The fourth-order valence-corrected chi connectivity index (χ4v) is 3.28. The van der Waals surface area contributed by atoms with E-state index >= 15 is 0 Å². The average molecular weight is 331 g/mol. The van der Waals surface area contributed by atoms with Gasteiger partial charge in [0.1, 0.15) is 0 Å². The highest BCUT2D eigenvalue weighted by Crippen LogP contribution is 2.32. The van der Waals surface area contributed by atoms with Crippen LogP contribution in [0, 0.1) is 5.92 Å². The molecule has 4 heteroatoms. The maximum Gasteiger partial charge on any atom is 0.330 e. The summed E-state index contributed by atoms with van der Waals surface area (Å²) in [6, 6.07) is 6.75. The van der Waals surface area contributed by atoms with Gasteiger partial charge < -0.3 is 15.2 Å². The summed E-state index contributed by atoms with van der Waals surface area (Å²) in [6.45, 7) is 4.59. The van der Waals surface area contributed by atoms with E-state index in [0.717, 1.165) is 31.2 Å². The first kappa shape index (κ1) is 18.7. The molecule has 0 amide bonds. The summed E-state index contributed by atoms with van der Waals surface area (Å²) in [5, 5.41) is 13.3. The number of aliphatic hydroxyl groups is 1. The molecule has 0 unspecified atom stereocenters. The third-order valence-corrected chi connectivity index (χ3v) is 4.90. The topological polar surface area (TPSA) is 58.6 Å². The van der Waals surface area contributed by atoms with Crippen LogP contribution in [-0.4, -0.2) is 30.8 Å². The van der Waals surface area contributed by atoms with E-state index in [1.54, 1.807) is 6.08 Å². The quantitative estimate of drug-likeness (QED) is 0.567. The van der Waals surface area contributed by atoms with Gasteiger partial charge in [-0.3, -0.25) is 0 Å². The van der Waals surface area contributed by atoms with Crippen molar-refractivity contribution in [1.29, 1.82) is 0 Å². The molecule has 0 bridgehead atoms. The molecule has 2 rings (SSSR count). The molecule has 3 atom stereocenters. The van der Waals surface area contributed by atoms with E-state index in [0.29, 0.717) is 12.0 Å². The number of hydrogen-bond acceptors (Lipinski definition) is 4. The summed E-state index contributed by atoms with van der Waals surface area (Å²) in [4.78, 5) is 11.2. The third-order valence-electron chi connectivity index (χ3n) is 4.90. The summed E-state index contributed by atoms with van der Waals surface area (Å²) < 4.78 is 4.62. The van der Waals surface area contributed by atoms with Crippen LogP contribution in [0.1, 0.15) is 55.8 Å². The minimum Gasteiger partial charge on any atom is -0.466 e. The van der Waals surface area contributed by atoms with E-state index in [4.69, 9.17) is 0 Å². The lowest BCUT2D eigenvalue weighted by molar-refractivity contribution is -0.134. The van der Waals surface area contributed by atoms with Gasteiger partial charge in [-0.25, -0.2) is 4.79 Å². The van der Waals surface area contributed by atoms with E-state index in [2.05, 4.69) is 36.0 Å². The highest BCUT2D eigenvalue weighted by Gasteiger charge is 2.25. The number of ether oxygens (including phenoxy) is 1. The minimum atomic E-state index is -0.342. The van der Waals surface area contributed by atoms with Crippen molar-refractivity contribution in [2.45, 2.75) is 51.6 Å². The Morgan fingerprint density at radius 2 is 2.29 bits per heavy atom. The molecule has 0 heterocycles. The molecule has 0 saturated heterocycles. The number of aliphatic hydroxyl groups excluding tert-OH is 1. The zero-order valence-electron chi connectivity index (χ0n) is 14.9. The molecule has 1 aromatic carbocycles. The Bertz CT molecular complexity index is 582. The first-order valence-corrected chi connectivity index (χ1v) is 8.83. The largest absolute Gasteiger partial charge is 0.466 e. The SMILES string of the molecule is CC[C@H](C)C[C@@H](CO)N[C@@H]1CCc2cc(C=CC(=O)OC)ccc21. The van der Waals surface area contributed by atoms with Crippen molar-refractivity contribution >= 4 is 12.0 Å². The highest BCUT2D eigenvalue weighted by atomic mass is 16.5. The van der Waals surface area contributed by atoms with Crippen molar-refractivity contribution in [3.63, 3.8) is 0 Å². The van der Waals surface area contributed by atoms with Crippen LogP contribution < -0.4 is 5.32 Å². The first-order chi connectivity index (χ1) is 11.6. The number of nitrogens with one attached hydrogen (secondary N) is 1. The predicted molar refractivity (Wildman–Crippen MR) is 96.6 cm³/mol. The van der Waals surface area contributed by atoms with Crippen molar-refractivity contribution in [2.24, 2.45) is 5.92 Å². The van der Waals surface area contributed by atoms with Crippen LogP contribution in [0.15, 0.2) is 24.3 Å². The van der Waals surface area contributed by atoms with Crippen molar-refractivity contribution in [3.8, 4) is 0 Å². The lowest BCUT2D eigenvalue weighted by Gasteiger charge is -2.24. The molecule has 1 aliphatic carbocycles. The second-order valence-electron chi connectivity index (χ2n) is 6.70. The molecule has 4 nitrogen and oxygen atoms in total. The zero-order valence-corrected chi connectivity index (χ0v) is 14.9. The maximum absolute atomic E-state index is 11.2. The molecule has 0 saturated carbocycles. The molecule has 2 N–H and O–H groups in total. The molecular formula is C20H29NO3. The summed E-state index contributed by atoms with van der Waals surface area (Å²) in [5.41, 5.74) is 3.64. The molecule has 0 fully saturated rings. The van der Waals surface area contributed by atoms with Gasteiger partial charge in [-0.15, -0.1) is 0 Å². The van der Waals surface area contributed by atoms with Gasteiger partial charge in [-0.1, -0.05) is 38.5 Å². The van der Waals surface area contributed by atoms with Gasteiger partial charge in [-0.2, -0.15) is 0 Å². The standard InChI is InChI=1S/C20H29NO3/c1-4-14(2)11-17(13-22)21-19-9-7-16-12-15(5-8-18(16)19)6-10-20(23)24-3/h5-6,8,10,12,14,17,19,21-22H,4,7,9,11,13H2,1-3H3/t14-,17-,19+/m0/s1. The minimum absolute atomic E-state index is 0.148. The zero-order chi connectivity index (χ0) is 17.5. The van der Waals surface area contributed by atoms with Crippen LogP contribution in [0.3, 0.4) is 0 Å². The Morgan fingerprint density at radius 3 is 2.96 bits per heavy atom. The van der Waals surface area contributed by atoms with Crippen molar-refractivity contribution < 1.29 is 14.6 Å². The van der Waals surface area contributed by atoms with Gasteiger partial charge in [0.15, 0.2) is 0 Å². The van der Waals surface area contributed by atoms with Crippen LogP contribution in [0.5, 0.6) is 0 Å². The number of rotatable bonds is 8. The van der Waals surface area contributed by atoms with Crippen molar-refractivity contribution in [1.82, 2.24) is 5.32 Å². The maximum atomic E-state index is 11.2. The predicted octanol–water partition coefficient (Wildman–Crippen LogP) is 3.25. The number of esters is 1. The summed E-state index contributed by atoms with van der Waals surface area (Å²) in [7, 11) is 1.38. The summed E-state index contributed by atoms with van der Waals surface area (Å²) >= 11 is 0. The number of aryl methyl sites for hydroxylation is 1. The molecule has 0 aliphatic heterocycles. The molecule has 0 aromatic heterocycles. The van der Waals surface area contributed by atoms with E-state index in [1.165, 1.54) is 24.3 Å². The van der Waals surface area contributed by atoms with Crippen LogP contribution in [0.4, 0.5) is 0 Å². The molecule has 132 valence electrons. The Labute approximate surface area is 144 Å². The van der Waals surface area contributed by atoms with E-state index in [1.807, 2.05) is 6.07 Å². The van der Waals surface area contributed by atoms with E-state index in [-0.39, 0.29) is 18.6 Å². The fourth-order valence-electron chi connectivity index (χ4n) is 3.28. The lowest BCUT2D eigenvalue weighted by atomic mass is 9.98. The van der Waals surface area contributed by atoms with Gasteiger partial charge >= 0.3 is 5.97 Å². The number of benzene rings is 1. The van der Waals surface area contributed by atoms with E-state index < -0.39 is 0 Å². The molecular weight excluding hydrogens is 302 g/mol. The Kier molecular flexibility index (Phi) is 7.00. The second-order valence-corrected chi connectivity index (χ2v) is 6.70. The summed E-state index contributed by atoms with van der Waals surface area (Å²) in [5.74, 6) is 0.271. The van der Waals surface area contributed by atoms with Gasteiger partial charge in [0.2, 0.25) is 0 Å². The number of fused-ring (bicyclic) bond motifs is 1. The summed E-state index contributed by atoms with van der Waals surface area (Å²) in [6.07, 6.45) is 7.44. The Balaban J connectivity index is 2.04. The number of carbonyl (C=O) groups is 1. The average Bonchev–Trinajstić information content (AvgIpc) is 3.00. The number of hydrogen-bond donors (Lipinski definition) is 2. The monoisotopic (exact) mass is 331 g/mol. The van der Waals surface area contributed by atoms with Gasteiger partial charge in [0.25, 0.3) is 0 Å². The van der Waals surface area contributed by atoms with Crippen LogP contribution >= 0.6 is 0 Å². The van der Waals surface area contributed by atoms with Crippen molar-refractivity contribution in [3.05, 3.63) is 41.0 Å². The number of methoxy groups -OCH3 is 1. The third kappa shape index (κ3) is 4.92. The smallest absolute Gasteiger partial charge is 0.330 e. The van der Waals surface area contributed by atoms with Crippen LogP contribution in [-0.2, 0) is 16.0 Å². The second kappa shape index (κ2) is 9.00. The van der Waals surface area contributed by atoms with E-state index in [9.17, 15) is 9.90 Å². The normalized spacial score (nSPS) is 19.2. The Morgan fingerprint density at radius 1 is 1.50 bits per heavy atom. The van der Waals surface area contributed by atoms with Crippen LogP contribution in [0.25, 0.3) is 6.08 Å². The number of carbonyl (C=O) groups excluding carboxylic acids is 1. The van der Waals surface area contributed by atoms with Gasteiger partial charge in [0.05, 0.1) is 13.7 Å². The molecule has 24 heavy (non-hydrogen) atoms. The molecule has 0 radical (unpaired) electrons. The Hall–Kier alpha value is -1.65. The van der Waals surface area contributed by atoms with Gasteiger partial charge in [-0.05, 0) is 47.9 Å². The van der Waals surface area contributed by atoms with Crippen molar-refractivity contribution in [2.75, 3.05) is 13.7 Å². The lowest BCUT2D eigenvalue weighted by Crippen LogP contribution is -2.36. The molecule has 1 aromatic rings. The fraction of sp³-hybridized carbons (Fsp3) is 0.550. The van der Waals surface area contributed by atoms with Crippen LogP contribution in [0.2, 0.25) is 0 Å². The van der Waals surface area contributed by atoms with Gasteiger partial charge in [0, 0.05) is 18.2 Å². The molecule has 0 spiro atoms. The molecule has 1 aliphatic rings.